The van der Waals surface area contributed by atoms with Gasteiger partial charge in [0.05, 0.1) is 12.6 Å². The van der Waals surface area contributed by atoms with Crippen LogP contribution in [0.3, 0.4) is 0 Å². The molecule has 4 heteroatoms. The van der Waals surface area contributed by atoms with Gasteiger partial charge in [-0.05, 0) is 43.4 Å². The number of likely N-dealkylation sites (N-methyl/N-ethyl adjacent to an activating group) is 1. The van der Waals surface area contributed by atoms with Gasteiger partial charge in [0.15, 0.2) is 0 Å². The number of carbonyl (C=O) groups excluding carboxylic acids is 1. The fourth-order valence-electron chi connectivity index (χ4n) is 3.05. The molecule has 2 aliphatic rings. The minimum atomic E-state index is -0.273. The monoisotopic (exact) mass is 288 g/mol. The van der Waals surface area contributed by atoms with Gasteiger partial charge in [-0.2, -0.15) is 0 Å². The largest absolute Gasteiger partial charge is 0.392 e. The summed E-state index contributed by atoms with van der Waals surface area (Å²) < 4.78 is 0. The lowest BCUT2D eigenvalue weighted by molar-refractivity contribution is -0.133. The third-order valence-electron chi connectivity index (χ3n) is 4.55. The molecule has 1 aliphatic heterocycles. The molecular weight excluding hydrogens is 264 g/mol. The summed E-state index contributed by atoms with van der Waals surface area (Å²) in [5.74, 6) is 0.624. The Hall–Kier alpha value is -1.39. The van der Waals surface area contributed by atoms with Crippen LogP contribution in [0.25, 0.3) is 0 Å². The van der Waals surface area contributed by atoms with Crippen molar-refractivity contribution in [3.63, 3.8) is 0 Å². The molecule has 1 saturated carbocycles. The second-order valence-corrected chi connectivity index (χ2v) is 6.44. The van der Waals surface area contributed by atoms with Crippen LogP contribution >= 0.6 is 0 Å². The molecule has 0 radical (unpaired) electrons. The Morgan fingerprint density at radius 1 is 1.38 bits per heavy atom. The molecular formula is C17H24N2O2. The number of nitrogens with zero attached hydrogens (tertiary/aromatic N) is 2. The van der Waals surface area contributed by atoms with Gasteiger partial charge in [0.25, 0.3) is 0 Å². The van der Waals surface area contributed by atoms with Crippen molar-refractivity contribution < 1.29 is 9.90 Å². The summed E-state index contributed by atoms with van der Waals surface area (Å²) in [6.45, 7) is 2.51. The lowest BCUT2D eigenvalue weighted by Gasteiger charge is -2.30. The minimum Gasteiger partial charge on any atom is -0.392 e. The van der Waals surface area contributed by atoms with Crippen LogP contribution < -0.4 is 0 Å². The maximum absolute atomic E-state index is 12.4. The van der Waals surface area contributed by atoms with E-state index in [1.807, 2.05) is 22.9 Å². The van der Waals surface area contributed by atoms with Crippen molar-refractivity contribution in [2.45, 2.75) is 31.9 Å². The highest BCUT2D eigenvalue weighted by molar-refractivity contribution is 5.78. The molecule has 1 aromatic rings. The average Bonchev–Trinajstić information content (AvgIpc) is 3.31. The van der Waals surface area contributed by atoms with Crippen LogP contribution in [0.5, 0.6) is 0 Å². The maximum atomic E-state index is 12.4. The van der Waals surface area contributed by atoms with Gasteiger partial charge in [-0.1, -0.05) is 24.3 Å². The van der Waals surface area contributed by atoms with E-state index in [1.165, 1.54) is 11.1 Å². The van der Waals surface area contributed by atoms with Crippen molar-refractivity contribution in [3.05, 3.63) is 35.4 Å². The van der Waals surface area contributed by atoms with Crippen molar-refractivity contribution in [1.29, 1.82) is 0 Å². The van der Waals surface area contributed by atoms with Gasteiger partial charge in [-0.25, -0.2) is 0 Å². The zero-order valence-electron chi connectivity index (χ0n) is 12.7. The summed E-state index contributed by atoms with van der Waals surface area (Å²) >= 11 is 0. The molecule has 1 aliphatic carbocycles. The minimum absolute atomic E-state index is 0.162. The standard InChI is InChI=1S/C17H24N2O2/c1-18(11-16(20)14-6-7-14)12-17(21)19-9-8-13-4-2-3-5-15(13)10-19/h2-5,14,16,20H,6-12H2,1H3. The average molecular weight is 288 g/mol. The van der Waals surface area contributed by atoms with Crippen LogP contribution in [-0.4, -0.2) is 53.6 Å². The highest BCUT2D eigenvalue weighted by atomic mass is 16.3. The topological polar surface area (TPSA) is 43.8 Å². The van der Waals surface area contributed by atoms with Crippen molar-refractivity contribution in [1.82, 2.24) is 9.80 Å². The first-order valence-electron chi connectivity index (χ1n) is 7.84. The fourth-order valence-corrected chi connectivity index (χ4v) is 3.05. The summed E-state index contributed by atoms with van der Waals surface area (Å²) in [6.07, 6.45) is 2.93. The molecule has 1 aromatic carbocycles. The molecule has 0 spiro atoms. The zero-order chi connectivity index (χ0) is 14.8. The summed E-state index contributed by atoms with van der Waals surface area (Å²) in [4.78, 5) is 16.3. The Balaban J connectivity index is 1.51. The predicted octanol–water partition coefficient (Wildman–Crippen LogP) is 1.27. The molecule has 1 N–H and O–H groups in total. The quantitative estimate of drug-likeness (QED) is 0.887. The van der Waals surface area contributed by atoms with Crippen molar-refractivity contribution in [3.8, 4) is 0 Å². The maximum Gasteiger partial charge on any atom is 0.237 e. The Morgan fingerprint density at radius 3 is 2.81 bits per heavy atom. The number of amides is 1. The third-order valence-corrected chi connectivity index (χ3v) is 4.55. The van der Waals surface area contributed by atoms with E-state index >= 15 is 0 Å². The molecule has 21 heavy (non-hydrogen) atoms. The van der Waals surface area contributed by atoms with Gasteiger partial charge < -0.3 is 10.0 Å². The molecule has 1 fully saturated rings. The lowest BCUT2D eigenvalue weighted by atomic mass is 10.00. The first-order chi connectivity index (χ1) is 10.1. The number of hydrogen-bond donors (Lipinski definition) is 1. The van der Waals surface area contributed by atoms with E-state index in [0.717, 1.165) is 25.8 Å². The van der Waals surface area contributed by atoms with Crippen molar-refractivity contribution >= 4 is 5.91 Å². The lowest BCUT2D eigenvalue weighted by Crippen LogP contribution is -2.43. The molecule has 0 saturated heterocycles. The Bertz CT molecular complexity index is 513. The van der Waals surface area contributed by atoms with E-state index in [1.54, 1.807) is 0 Å². The van der Waals surface area contributed by atoms with Crippen molar-refractivity contribution in [2.24, 2.45) is 5.92 Å². The number of fused-ring (bicyclic) bond motifs is 1. The number of carbonyl (C=O) groups is 1. The van der Waals surface area contributed by atoms with E-state index in [2.05, 4.69) is 18.2 Å². The SMILES string of the molecule is CN(CC(=O)N1CCc2ccccc2C1)CC(O)C1CC1. The van der Waals surface area contributed by atoms with E-state index in [0.29, 0.717) is 25.6 Å². The second-order valence-electron chi connectivity index (χ2n) is 6.44. The van der Waals surface area contributed by atoms with Crippen LogP contribution in [0, 0.1) is 5.92 Å². The summed E-state index contributed by atoms with van der Waals surface area (Å²) in [5, 5.41) is 9.95. The number of rotatable bonds is 5. The Morgan fingerprint density at radius 2 is 2.10 bits per heavy atom. The summed E-state index contributed by atoms with van der Waals surface area (Å²) in [7, 11) is 1.92. The zero-order valence-corrected chi connectivity index (χ0v) is 12.7. The van der Waals surface area contributed by atoms with Crippen molar-refractivity contribution in [2.75, 3.05) is 26.7 Å². The second kappa shape index (κ2) is 6.16. The van der Waals surface area contributed by atoms with Gasteiger partial charge in [0.2, 0.25) is 5.91 Å². The normalized spacial score (nSPS) is 19.5. The Labute approximate surface area is 126 Å². The van der Waals surface area contributed by atoms with E-state index in [9.17, 15) is 9.90 Å². The van der Waals surface area contributed by atoms with E-state index < -0.39 is 0 Å². The first-order valence-corrected chi connectivity index (χ1v) is 7.84. The molecule has 0 aromatic heterocycles. The Kier molecular flexibility index (Phi) is 4.27. The van der Waals surface area contributed by atoms with Crippen LogP contribution in [-0.2, 0) is 17.8 Å². The molecule has 114 valence electrons. The highest BCUT2D eigenvalue weighted by Crippen LogP contribution is 2.32. The highest BCUT2D eigenvalue weighted by Gasteiger charge is 2.31. The molecule has 1 unspecified atom stereocenters. The van der Waals surface area contributed by atoms with Gasteiger partial charge in [0, 0.05) is 19.6 Å². The molecule has 4 nitrogen and oxygen atoms in total. The third kappa shape index (κ3) is 3.63. The van der Waals surface area contributed by atoms with Gasteiger partial charge in [-0.15, -0.1) is 0 Å². The number of benzene rings is 1. The summed E-state index contributed by atoms with van der Waals surface area (Å²) in [6, 6.07) is 8.35. The fraction of sp³-hybridized carbons (Fsp3) is 0.588. The molecule has 1 atom stereocenters. The predicted molar refractivity (Wildman–Crippen MR) is 81.8 cm³/mol. The van der Waals surface area contributed by atoms with Crippen LogP contribution in [0.2, 0.25) is 0 Å². The van der Waals surface area contributed by atoms with Gasteiger partial charge in [0.1, 0.15) is 0 Å². The molecule has 1 amide bonds. The van der Waals surface area contributed by atoms with E-state index in [4.69, 9.17) is 0 Å². The van der Waals surface area contributed by atoms with Crippen LogP contribution in [0.4, 0.5) is 0 Å². The molecule has 1 heterocycles. The number of aliphatic hydroxyl groups excluding tert-OH is 1. The van der Waals surface area contributed by atoms with Gasteiger partial charge >= 0.3 is 0 Å². The summed E-state index contributed by atoms with van der Waals surface area (Å²) in [5.41, 5.74) is 2.62. The smallest absolute Gasteiger partial charge is 0.237 e. The van der Waals surface area contributed by atoms with E-state index in [-0.39, 0.29) is 12.0 Å². The van der Waals surface area contributed by atoms with Crippen LogP contribution in [0.1, 0.15) is 24.0 Å². The molecule has 3 rings (SSSR count). The number of aliphatic hydroxyl groups is 1. The molecule has 0 bridgehead atoms. The van der Waals surface area contributed by atoms with Gasteiger partial charge in [-0.3, -0.25) is 9.69 Å². The number of hydrogen-bond acceptors (Lipinski definition) is 3. The first kappa shape index (κ1) is 14.5. The van der Waals surface area contributed by atoms with Crippen LogP contribution in [0.15, 0.2) is 24.3 Å².